The van der Waals surface area contributed by atoms with E-state index >= 15 is 0 Å². The van der Waals surface area contributed by atoms with E-state index in [1.807, 2.05) is 26.0 Å². The molecule has 1 atom stereocenters. The van der Waals surface area contributed by atoms with Gasteiger partial charge >= 0.3 is 0 Å². The number of carbonyl (C=O) groups excluding carboxylic acids is 2. The lowest BCUT2D eigenvalue weighted by atomic mass is 10.1. The van der Waals surface area contributed by atoms with Crippen LogP contribution in [0.5, 0.6) is 0 Å². The minimum Gasteiger partial charge on any atom is -0.345 e. The van der Waals surface area contributed by atoms with E-state index in [1.165, 1.54) is 11.3 Å². The maximum absolute atomic E-state index is 12.6. The van der Waals surface area contributed by atoms with Crippen LogP contribution in [0.3, 0.4) is 0 Å². The van der Waals surface area contributed by atoms with Crippen molar-refractivity contribution in [1.29, 1.82) is 0 Å². The molecule has 1 saturated carbocycles. The maximum Gasteiger partial charge on any atom is 0.262 e. The van der Waals surface area contributed by atoms with Crippen molar-refractivity contribution in [2.24, 2.45) is 5.92 Å². The SMILES string of the molecule is Cc1cc(NC(=O)C2CC2)sc1C(=O)NC(C)c1ccc(Cl)c(Cl)c1. The van der Waals surface area contributed by atoms with Crippen molar-refractivity contribution in [3.8, 4) is 0 Å². The number of hydrogen-bond acceptors (Lipinski definition) is 3. The van der Waals surface area contributed by atoms with Gasteiger partial charge in [-0.1, -0.05) is 29.3 Å². The highest BCUT2D eigenvalue weighted by atomic mass is 35.5. The second kappa shape index (κ2) is 7.36. The Morgan fingerprint density at radius 3 is 2.56 bits per heavy atom. The van der Waals surface area contributed by atoms with Crippen molar-refractivity contribution in [3.05, 3.63) is 50.3 Å². The summed E-state index contributed by atoms with van der Waals surface area (Å²) < 4.78 is 0. The predicted molar refractivity (Wildman–Crippen MR) is 103 cm³/mol. The van der Waals surface area contributed by atoms with Crippen LogP contribution in [0, 0.1) is 12.8 Å². The number of amides is 2. The highest BCUT2D eigenvalue weighted by molar-refractivity contribution is 7.18. The summed E-state index contributed by atoms with van der Waals surface area (Å²) >= 11 is 13.3. The van der Waals surface area contributed by atoms with Crippen molar-refractivity contribution in [1.82, 2.24) is 5.32 Å². The number of anilines is 1. The van der Waals surface area contributed by atoms with E-state index in [4.69, 9.17) is 23.2 Å². The van der Waals surface area contributed by atoms with Crippen LogP contribution >= 0.6 is 34.5 Å². The third kappa shape index (κ3) is 4.35. The summed E-state index contributed by atoms with van der Waals surface area (Å²) in [6.45, 7) is 3.75. The van der Waals surface area contributed by atoms with Crippen molar-refractivity contribution in [2.75, 3.05) is 5.32 Å². The molecule has 1 aromatic heterocycles. The first-order chi connectivity index (χ1) is 11.8. The fraction of sp³-hybridized carbons (Fsp3) is 0.333. The van der Waals surface area contributed by atoms with Gasteiger partial charge in [0.05, 0.1) is 26.0 Å². The largest absolute Gasteiger partial charge is 0.345 e. The highest BCUT2D eigenvalue weighted by Crippen LogP contribution is 2.33. The molecule has 1 aromatic carbocycles. The molecule has 1 fully saturated rings. The second-order valence-corrected chi connectivity index (χ2v) is 8.12. The molecule has 0 saturated heterocycles. The molecule has 25 heavy (non-hydrogen) atoms. The van der Waals surface area contributed by atoms with Crippen LogP contribution in [0.25, 0.3) is 0 Å². The Hall–Kier alpha value is -1.56. The number of halogens is 2. The van der Waals surface area contributed by atoms with Gasteiger partial charge in [-0.15, -0.1) is 11.3 Å². The lowest BCUT2D eigenvalue weighted by Crippen LogP contribution is -2.26. The normalized spacial score (nSPS) is 14.9. The molecular formula is C18H18Cl2N2O2S. The Morgan fingerprint density at radius 1 is 1.20 bits per heavy atom. The van der Waals surface area contributed by atoms with Gasteiger partial charge in [0.2, 0.25) is 5.91 Å². The van der Waals surface area contributed by atoms with E-state index in [9.17, 15) is 9.59 Å². The van der Waals surface area contributed by atoms with Crippen LogP contribution in [0.2, 0.25) is 10.0 Å². The minimum atomic E-state index is -0.215. The van der Waals surface area contributed by atoms with E-state index in [2.05, 4.69) is 10.6 Å². The Labute approximate surface area is 160 Å². The molecule has 132 valence electrons. The smallest absolute Gasteiger partial charge is 0.262 e. The molecule has 0 spiro atoms. The average Bonchev–Trinajstić information content (AvgIpc) is 3.34. The summed E-state index contributed by atoms with van der Waals surface area (Å²) in [5, 5.41) is 7.49. The van der Waals surface area contributed by atoms with E-state index in [-0.39, 0.29) is 23.8 Å². The lowest BCUT2D eigenvalue weighted by Gasteiger charge is -2.14. The Balaban J connectivity index is 1.68. The highest BCUT2D eigenvalue weighted by Gasteiger charge is 2.30. The summed E-state index contributed by atoms with van der Waals surface area (Å²) in [5.41, 5.74) is 1.72. The molecule has 0 radical (unpaired) electrons. The fourth-order valence-electron chi connectivity index (χ4n) is 2.47. The van der Waals surface area contributed by atoms with Crippen molar-refractivity contribution >= 4 is 51.4 Å². The van der Waals surface area contributed by atoms with Crippen LogP contribution in [0.4, 0.5) is 5.00 Å². The van der Waals surface area contributed by atoms with Crippen molar-refractivity contribution in [2.45, 2.75) is 32.7 Å². The molecule has 3 rings (SSSR count). The van der Waals surface area contributed by atoms with E-state index in [1.54, 1.807) is 12.1 Å². The van der Waals surface area contributed by atoms with Crippen LogP contribution in [0.1, 0.15) is 46.6 Å². The fourth-order valence-corrected chi connectivity index (χ4v) is 3.75. The zero-order valence-electron chi connectivity index (χ0n) is 13.9. The van der Waals surface area contributed by atoms with Crippen LogP contribution < -0.4 is 10.6 Å². The van der Waals surface area contributed by atoms with Crippen molar-refractivity contribution < 1.29 is 9.59 Å². The molecule has 1 unspecified atom stereocenters. The van der Waals surface area contributed by atoms with Crippen LogP contribution in [-0.4, -0.2) is 11.8 Å². The quantitative estimate of drug-likeness (QED) is 0.728. The number of rotatable bonds is 5. The molecular weight excluding hydrogens is 379 g/mol. The van der Waals surface area contributed by atoms with E-state index < -0.39 is 0 Å². The van der Waals surface area contributed by atoms with Crippen LogP contribution in [0.15, 0.2) is 24.3 Å². The van der Waals surface area contributed by atoms with E-state index in [0.29, 0.717) is 19.9 Å². The molecule has 7 heteroatoms. The summed E-state index contributed by atoms with van der Waals surface area (Å²) in [6.07, 6.45) is 1.90. The summed E-state index contributed by atoms with van der Waals surface area (Å²) in [5.74, 6) is -0.000246. The van der Waals surface area contributed by atoms with Gasteiger partial charge in [-0.2, -0.15) is 0 Å². The molecule has 0 bridgehead atoms. The molecule has 0 aliphatic heterocycles. The van der Waals surface area contributed by atoms with Gasteiger partial charge in [-0.25, -0.2) is 0 Å². The van der Waals surface area contributed by atoms with Crippen LogP contribution in [-0.2, 0) is 4.79 Å². The zero-order chi connectivity index (χ0) is 18.1. The maximum atomic E-state index is 12.6. The Bertz CT molecular complexity index is 830. The van der Waals surface area contributed by atoms with E-state index in [0.717, 1.165) is 24.0 Å². The molecule has 1 aliphatic carbocycles. The molecule has 4 nitrogen and oxygen atoms in total. The number of aryl methyl sites for hydroxylation is 1. The number of carbonyl (C=O) groups is 2. The van der Waals surface area contributed by atoms with Gasteiger partial charge < -0.3 is 10.6 Å². The van der Waals surface area contributed by atoms with Gasteiger partial charge in [0, 0.05) is 5.92 Å². The Kier molecular flexibility index (Phi) is 5.37. The third-order valence-corrected chi connectivity index (χ3v) is 6.00. The number of hydrogen-bond donors (Lipinski definition) is 2. The molecule has 1 heterocycles. The number of nitrogens with one attached hydrogen (secondary N) is 2. The third-order valence-electron chi connectivity index (χ3n) is 4.11. The predicted octanol–water partition coefficient (Wildman–Crippen LogP) is 5.20. The van der Waals surface area contributed by atoms with Gasteiger partial charge in [0.1, 0.15) is 0 Å². The Morgan fingerprint density at radius 2 is 1.92 bits per heavy atom. The summed E-state index contributed by atoms with van der Waals surface area (Å²) in [6, 6.07) is 6.92. The lowest BCUT2D eigenvalue weighted by molar-refractivity contribution is -0.117. The number of benzene rings is 1. The number of thiophene rings is 1. The minimum absolute atomic E-state index is 0.0392. The summed E-state index contributed by atoms with van der Waals surface area (Å²) in [4.78, 5) is 25.0. The van der Waals surface area contributed by atoms with Gasteiger partial charge in [0.15, 0.2) is 0 Å². The first kappa shape index (κ1) is 18.2. The zero-order valence-corrected chi connectivity index (χ0v) is 16.2. The first-order valence-corrected chi connectivity index (χ1v) is 9.59. The van der Waals surface area contributed by atoms with Crippen molar-refractivity contribution in [3.63, 3.8) is 0 Å². The van der Waals surface area contributed by atoms with Gasteiger partial charge in [0.25, 0.3) is 5.91 Å². The topological polar surface area (TPSA) is 58.2 Å². The first-order valence-electron chi connectivity index (χ1n) is 8.02. The average molecular weight is 397 g/mol. The molecule has 2 N–H and O–H groups in total. The monoisotopic (exact) mass is 396 g/mol. The standard InChI is InChI=1S/C18H18Cl2N2O2S/c1-9-7-15(22-17(23)11-3-4-11)25-16(9)18(24)21-10(2)12-5-6-13(19)14(20)8-12/h5-8,10-11H,3-4H2,1-2H3,(H,21,24)(H,22,23). The molecule has 2 amide bonds. The molecule has 1 aliphatic rings. The molecule has 2 aromatic rings. The van der Waals surface area contributed by atoms with Gasteiger partial charge in [-0.05, 0) is 56.0 Å². The van der Waals surface area contributed by atoms with Gasteiger partial charge in [-0.3, -0.25) is 9.59 Å². The second-order valence-electron chi connectivity index (χ2n) is 6.26. The summed E-state index contributed by atoms with van der Waals surface area (Å²) in [7, 11) is 0.